The highest BCUT2D eigenvalue weighted by Gasteiger charge is 2.07. The van der Waals surface area contributed by atoms with Crippen LogP contribution in [0.5, 0.6) is 0 Å². The Labute approximate surface area is 91.9 Å². The first-order valence-corrected chi connectivity index (χ1v) is 5.18. The van der Waals surface area contributed by atoms with Gasteiger partial charge in [0.25, 0.3) is 0 Å². The summed E-state index contributed by atoms with van der Waals surface area (Å²) >= 11 is 0. The fourth-order valence-corrected chi connectivity index (χ4v) is 1.77. The van der Waals surface area contributed by atoms with Gasteiger partial charge in [-0.25, -0.2) is 0 Å². The lowest BCUT2D eigenvalue weighted by Gasteiger charge is -2.18. The molecular weight excluding hydrogens is 186 g/mol. The molecule has 0 atom stereocenters. The second kappa shape index (κ2) is 4.47. The van der Waals surface area contributed by atoms with Gasteiger partial charge >= 0.3 is 0 Å². The molecule has 0 spiro atoms. The minimum Gasteiger partial charge on any atom is -0.377 e. The van der Waals surface area contributed by atoms with Gasteiger partial charge in [-0.3, -0.25) is 4.79 Å². The van der Waals surface area contributed by atoms with Crippen molar-refractivity contribution in [1.29, 1.82) is 0 Å². The van der Waals surface area contributed by atoms with Crippen LogP contribution >= 0.6 is 0 Å². The van der Waals surface area contributed by atoms with Crippen LogP contribution in [-0.2, 0) is 11.2 Å². The van der Waals surface area contributed by atoms with Gasteiger partial charge in [0.15, 0.2) is 0 Å². The second-order valence-corrected chi connectivity index (χ2v) is 4.33. The number of anilines is 1. The van der Waals surface area contributed by atoms with Crippen molar-refractivity contribution in [3.8, 4) is 0 Å². The average Bonchev–Trinajstić information content (AvgIpc) is 2.09. The molecule has 0 aromatic heterocycles. The molecule has 1 aromatic carbocycles. The minimum atomic E-state index is 0.211. The summed E-state index contributed by atoms with van der Waals surface area (Å²) in [6, 6.07) is 4.20. The van der Waals surface area contributed by atoms with E-state index in [9.17, 15) is 4.79 Å². The van der Waals surface area contributed by atoms with Crippen molar-refractivity contribution in [2.24, 2.45) is 0 Å². The standard InChI is InChI=1S/C13H19NO/c1-9-6-12(7-10(2)15)8-13(11(9)3)14(4)5/h6,8H,7H2,1-5H3. The van der Waals surface area contributed by atoms with Gasteiger partial charge in [0, 0.05) is 26.2 Å². The van der Waals surface area contributed by atoms with Gasteiger partial charge in [-0.15, -0.1) is 0 Å². The quantitative estimate of drug-likeness (QED) is 0.755. The van der Waals surface area contributed by atoms with Crippen LogP contribution in [0.2, 0.25) is 0 Å². The Bertz CT molecular complexity index is 380. The number of hydrogen-bond acceptors (Lipinski definition) is 2. The lowest BCUT2D eigenvalue weighted by atomic mass is 10.0. The smallest absolute Gasteiger partial charge is 0.134 e. The molecule has 82 valence electrons. The summed E-state index contributed by atoms with van der Waals surface area (Å²) in [4.78, 5) is 13.2. The fourth-order valence-electron chi connectivity index (χ4n) is 1.77. The first-order valence-electron chi connectivity index (χ1n) is 5.18. The van der Waals surface area contributed by atoms with E-state index in [0.717, 1.165) is 5.56 Å². The van der Waals surface area contributed by atoms with Crippen LogP contribution < -0.4 is 4.90 Å². The van der Waals surface area contributed by atoms with Crippen LogP contribution in [0.4, 0.5) is 5.69 Å². The molecule has 0 bridgehead atoms. The molecular formula is C13H19NO. The van der Waals surface area contributed by atoms with E-state index in [-0.39, 0.29) is 5.78 Å². The highest BCUT2D eigenvalue weighted by atomic mass is 16.1. The first kappa shape index (κ1) is 11.8. The number of carbonyl (C=O) groups is 1. The Morgan fingerprint density at radius 1 is 1.27 bits per heavy atom. The van der Waals surface area contributed by atoms with Crippen molar-refractivity contribution in [2.45, 2.75) is 27.2 Å². The van der Waals surface area contributed by atoms with E-state index in [0.29, 0.717) is 6.42 Å². The molecule has 0 unspecified atom stereocenters. The highest BCUT2D eigenvalue weighted by Crippen LogP contribution is 2.23. The zero-order valence-corrected chi connectivity index (χ0v) is 10.2. The molecule has 0 amide bonds. The summed E-state index contributed by atoms with van der Waals surface area (Å²) in [7, 11) is 4.05. The third-order valence-corrected chi connectivity index (χ3v) is 2.63. The normalized spacial score (nSPS) is 10.2. The summed E-state index contributed by atoms with van der Waals surface area (Å²) in [5, 5.41) is 0. The Hall–Kier alpha value is -1.31. The van der Waals surface area contributed by atoms with E-state index >= 15 is 0 Å². The minimum absolute atomic E-state index is 0.211. The van der Waals surface area contributed by atoms with Gasteiger partial charge in [-0.05, 0) is 43.5 Å². The molecule has 0 saturated heterocycles. The number of hydrogen-bond donors (Lipinski definition) is 0. The van der Waals surface area contributed by atoms with E-state index in [1.54, 1.807) is 6.92 Å². The SMILES string of the molecule is CC(=O)Cc1cc(C)c(C)c(N(C)C)c1. The van der Waals surface area contributed by atoms with Crippen molar-refractivity contribution < 1.29 is 4.79 Å². The number of carbonyl (C=O) groups excluding carboxylic acids is 1. The van der Waals surface area contributed by atoms with Crippen LogP contribution in [0.3, 0.4) is 0 Å². The van der Waals surface area contributed by atoms with Gasteiger partial charge < -0.3 is 4.90 Å². The monoisotopic (exact) mass is 205 g/mol. The Balaban J connectivity index is 3.17. The van der Waals surface area contributed by atoms with E-state index in [1.165, 1.54) is 16.8 Å². The first-order chi connectivity index (χ1) is 6.91. The average molecular weight is 205 g/mol. The molecule has 1 aromatic rings. The van der Waals surface area contributed by atoms with Gasteiger partial charge in [-0.1, -0.05) is 6.07 Å². The van der Waals surface area contributed by atoms with Crippen molar-refractivity contribution in [1.82, 2.24) is 0 Å². The van der Waals surface area contributed by atoms with Gasteiger partial charge in [-0.2, -0.15) is 0 Å². The summed E-state index contributed by atoms with van der Waals surface area (Å²) < 4.78 is 0. The zero-order valence-electron chi connectivity index (χ0n) is 10.2. The molecule has 0 heterocycles. The maximum absolute atomic E-state index is 11.1. The molecule has 0 N–H and O–H groups in total. The topological polar surface area (TPSA) is 20.3 Å². The summed E-state index contributed by atoms with van der Waals surface area (Å²) in [5.74, 6) is 0.211. The zero-order chi connectivity index (χ0) is 11.6. The predicted molar refractivity (Wildman–Crippen MR) is 64.6 cm³/mol. The number of aryl methyl sites for hydroxylation is 1. The molecule has 15 heavy (non-hydrogen) atoms. The van der Waals surface area contributed by atoms with Crippen LogP contribution in [0, 0.1) is 13.8 Å². The van der Waals surface area contributed by atoms with E-state index in [1.807, 2.05) is 14.1 Å². The third kappa shape index (κ3) is 2.82. The molecule has 0 fully saturated rings. The number of rotatable bonds is 3. The number of Topliss-reactive ketones (excluding diaryl/α,β-unsaturated/α-hetero) is 1. The molecule has 2 heteroatoms. The highest BCUT2D eigenvalue weighted by molar-refractivity contribution is 5.78. The van der Waals surface area contributed by atoms with Crippen LogP contribution in [0.1, 0.15) is 23.6 Å². The largest absolute Gasteiger partial charge is 0.377 e. The van der Waals surface area contributed by atoms with E-state index in [2.05, 4.69) is 30.9 Å². The molecule has 0 aliphatic rings. The Morgan fingerprint density at radius 3 is 2.33 bits per heavy atom. The summed E-state index contributed by atoms with van der Waals surface area (Å²) in [6.07, 6.45) is 0.530. The number of ketones is 1. The van der Waals surface area contributed by atoms with Gasteiger partial charge in [0.1, 0.15) is 5.78 Å². The number of nitrogens with zero attached hydrogens (tertiary/aromatic N) is 1. The van der Waals surface area contributed by atoms with Crippen molar-refractivity contribution >= 4 is 11.5 Å². The Morgan fingerprint density at radius 2 is 1.87 bits per heavy atom. The van der Waals surface area contributed by atoms with E-state index in [4.69, 9.17) is 0 Å². The fraction of sp³-hybridized carbons (Fsp3) is 0.462. The molecule has 0 aliphatic carbocycles. The van der Waals surface area contributed by atoms with Crippen LogP contribution in [-0.4, -0.2) is 19.9 Å². The third-order valence-electron chi connectivity index (χ3n) is 2.63. The molecule has 1 rings (SSSR count). The van der Waals surface area contributed by atoms with Crippen LogP contribution in [0.25, 0.3) is 0 Å². The summed E-state index contributed by atoms with van der Waals surface area (Å²) in [5.41, 5.74) is 4.84. The van der Waals surface area contributed by atoms with Crippen molar-refractivity contribution in [3.05, 3.63) is 28.8 Å². The molecule has 0 saturated carbocycles. The molecule has 2 nitrogen and oxygen atoms in total. The predicted octanol–water partition coefficient (Wildman–Crippen LogP) is 2.50. The second-order valence-electron chi connectivity index (χ2n) is 4.33. The summed E-state index contributed by atoms with van der Waals surface area (Å²) in [6.45, 7) is 5.83. The molecule has 0 aliphatic heterocycles. The van der Waals surface area contributed by atoms with Gasteiger partial charge in [0.2, 0.25) is 0 Å². The molecule has 0 radical (unpaired) electrons. The maximum atomic E-state index is 11.1. The van der Waals surface area contributed by atoms with Crippen LogP contribution in [0.15, 0.2) is 12.1 Å². The Kier molecular flexibility index (Phi) is 3.51. The van der Waals surface area contributed by atoms with E-state index < -0.39 is 0 Å². The van der Waals surface area contributed by atoms with Crippen molar-refractivity contribution in [2.75, 3.05) is 19.0 Å². The lowest BCUT2D eigenvalue weighted by molar-refractivity contribution is -0.116. The maximum Gasteiger partial charge on any atom is 0.134 e. The van der Waals surface area contributed by atoms with Crippen molar-refractivity contribution in [3.63, 3.8) is 0 Å². The number of benzene rings is 1. The van der Waals surface area contributed by atoms with Gasteiger partial charge in [0.05, 0.1) is 0 Å². The lowest BCUT2D eigenvalue weighted by Crippen LogP contribution is -2.12.